The first kappa shape index (κ1) is 14.2. The smallest absolute Gasteiger partial charge is 0.246 e. The van der Waals surface area contributed by atoms with Crippen LogP contribution in [-0.2, 0) is 4.79 Å². The van der Waals surface area contributed by atoms with Gasteiger partial charge in [-0.1, -0.05) is 45.1 Å². The quantitative estimate of drug-likeness (QED) is 0.483. The van der Waals surface area contributed by atoms with Crippen molar-refractivity contribution in [1.29, 1.82) is 0 Å². The summed E-state index contributed by atoms with van der Waals surface area (Å²) in [6.45, 7) is 6.77. The SMILES string of the molecule is CC=C(C)C(=O)NCCCCCCCC. The minimum atomic E-state index is 0.0751. The summed E-state index contributed by atoms with van der Waals surface area (Å²) in [7, 11) is 0. The van der Waals surface area contributed by atoms with Gasteiger partial charge >= 0.3 is 0 Å². The maximum absolute atomic E-state index is 11.3. The molecule has 0 atom stereocenters. The van der Waals surface area contributed by atoms with Crippen molar-refractivity contribution in [2.24, 2.45) is 0 Å². The molecule has 15 heavy (non-hydrogen) atoms. The van der Waals surface area contributed by atoms with E-state index in [9.17, 15) is 4.79 Å². The second kappa shape index (κ2) is 9.75. The van der Waals surface area contributed by atoms with Gasteiger partial charge in [0.1, 0.15) is 0 Å². The van der Waals surface area contributed by atoms with E-state index in [2.05, 4.69) is 12.2 Å². The van der Waals surface area contributed by atoms with E-state index in [4.69, 9.17) is 0 Å². The number of nitrogens with one attached hydrogen (secondary N) is 1. The van der Waals surface area contributed by atoms with Crippen molar-refractivity contribution in [3.05, 3.63) is 11.6 Å². The number of hydrogen-bond donors (Lipinski definition) is 1. The number of allylic oxidation sites excluding steroid dienone is 1. The summed E-state index contributed by atoms with van der Waals surface area (Å²) < 4.78 is 0. The first-order valence-corrected chi connectivity index (χ1v) is 6.13. The molecule has 0 aromatic heterocycles. The standard InChI is InChI=1S/C13H25NO/c1-4-6-7-8-9-10-11-14-13(15)12(3)5-2/h5H,4,6-11H2,1-3H3,(H,14,15). The van der Waals surface area contributed by atoms with Gasteiger partial charge in [0.15, 0.2) is 0 Å². The fourth-order valence-electron chi connectivity index (χ4n) is 1.38. The Bertz CT molecular complexity index is 197. The molecule has 1 amide bonds. The summed E-state index contributed by atoms with van der Waals surface area (Å²) in [5.41, 5.74) is 0.806. The fraction of sp³-hybridized carbons (Fsp3) is 0.769. The summed E-state index contributed by atoms with van der Waals surface area (Å²) in [4.78, 5) is 11.3. The molecule has 1 N–H and O–H groups in total. The largest absolute Gasteiger partial charge is 0.352 e. The predicted molar refractivity (Wildman–Crippen MR) is 65.8 cm³/mol. The Morgan fingerprint density at radius 2 is 1.73 bits per heavy atom. The molecular weight excluding hydrogens is 186 g/mol. The Kier molecular flexibility index (Phi) is 9.24. The third-order valence-electron chi connectivity index (χ3n) is 2.61. The van der Waals surface area contributed by atoms with Crippen LogP contribution in [-0.4, -0.2) is 12.5 Å². The Hall–Kier alpha value is -0.790. The monoisotopic (exact) mass is 211 g/mol. The fourth-order valence-corrected chi connectivity index (χ4v) is 1.38. The summed E-state index contributed by atoms with van der Waals surface area (Å²) in [6, 6.07) is 0. The molecule has 0 saturated carbocycles. The summed E-state index contributed by atoms with van der Waals surface area (Å²) in [6.07, 6.45) is 9.43. The molecule has 0 radical (unpaired) electrons. The van der Waals surface area contributed by atoms with Gasteiger partial charge in [0.2, 0.25) is 5.91 Å². The van der Waals surface area contributed by atoms with Gasteiger partial charge in [-0.15, -0.1) is 0 Å². The molecule has 0 heterocycles. The van der Waals surface area contributed by atoms with Crippen LogP contribution < -0.4 is 5.32 Å². The van der Waals surface area contributed by atoms with Crippen LogP contribution in [0.1, 0.15) is 59.3 Å². The van der Waals surface area contributed by atoms with Crippen molar-refractivity contribution in [3.63, 3.8) is 0 Å². The molecule has 2 nitrogen and oxygen atoms in total. The predicted octanol–water partition coefficient (Wildman–Crippen LogP) is 3.43. The van der Waals surface area contributed by atoms with Crippen molar-refractivity contribution < 1.29 is 4.79 Å². The molecule has 0 aliphatic carbocycles. The third-order valence-corrected chi connectivity index (χ3v) is 2.61. The average Bonchev–Trinajstić information content (AvgIpc) is 2.26. The van der Waals surface area contributed by atoms with Gasteiger partial charge < -0.3 is 5.32 Å². The van der Waals surface area contributed by atoms with Crippen molar-refractivity contribution in [2.75, 3.05) is 6.54 Å². The minimum Gasteiger partial charge on any atom is -0.352 e. The van der Waals surface area contributed by atoms with Crippen molar-refractivity contribution in [1.82, 2.24) is 5.32 Å². The van der Waals surface area contributed by atoms with E-state index in [0.29, 0.717) is 0 Å². The normalized spacial score (nSPS) is 11.5. The molecule has 0 aliphatic heterocycles. The second-order valence-electron chi connectivity index (χ2n) is 4.00. The zero-order valence-electron chi connectivity index (χ0n) is 10.4. The topological polar surface area (TPSA) is 29.1 Å². The van der Waals surface area contributed by atoms with Crippen LogP contribution in [0.25, 0.3) is 0 Å². The molecule has 0 spiro atoms. The van der Waals surface area contributed by atoms with Crippen molar-refractivity contribution in [3.8, 4) is 0 Å². The van der Waals surface area contributed by atoms with Gasteiger partial charge in [-0.25, -0.2) is 0 Å². The van der Waals surface area contributed by atoms with Crippen LogP contribution in [0.3, 0.4) is 0 Å². The van der Waals surface area contributed by atoms with Crippen molar-refractivity contribution >= 4 is 5.91 Å². The maximum atomic E-state index is 11.3. The van der Waals surface area contributed by atoms with E-state index in [1.807, 2.05) is 19.9 Å². The van der Waals surface area contributed by atoms with Crippen LogP contribution in [0.15, 0.2) is 11.6 Å². The average molecular weight is 211 g/mol. The van der Waals surface area contributed by atoms with Crippen LogP contribution >= 0.6 is 0 Å². The van der Waals surface area contributed by atoms with Gasteiger partial charge in [0, 0.05) is 12.1 Å². The van der Waals surface area contributed by atoms with Crippen LogP contribution in [0.2, 0.25) is 0 Å². The zero-order valence-corrected chi connectivity index (χ0v) is 10.4. The molecule has 0 rings (SSSR count). The third kappa shape index (κ3) is 8.22. The lowest BCUT2D eigenvalue weighted by atomic mass is 10.1. The lowest BCUT2D eigenvalue weighted by Crippen LogP contribution is -2.24. The number of unbranched alkanes of at least 4 members (excludes halogenated alkanes) is 5. The Labute approximate surface area is 94.1 Å². The maximum Gasteiger partial charge on any atom is 0.246 e. The van der Waals surface area contributed by atoms with Gasteiger partial charge in [-0.05, 0) is 20.3 Å². The Balaban J connectivity index is 3.28. The molecule has 88 valence electrons. The van der Waals surface area contributed by atoms with Crippen molar-refractivity contribution in [2.45, 2.75) is 59.3 Å². The molecular formula is C13H25NO. The molecule has 0 aliphatic rings. The van der Waals surface area contributed by atoms with E-state index in [1.54, 1.807) is 0 Å². The molecule has 0 bridgehead atoms. The number of amides is 1. The Morgan fingerprint density at radius 1 is 1.13 bits per heavy atom. The number of carbonyl (C=O) groups is 1. The molecule has 0 unspecified atom stereocenters. The summed E-state index contributed by atoms with van der Waals surface area (Å²) in [5, 5.41) is 2.92. The molecule has 2 heteroatoms. The zero-order chi connectivity index (χ0) is 11.5. The molecule has 0 aromatic rings. The van der Waals surface area contributed by atoms with E-state index in [-0.39, 0.29) is 5.91 Å². The highest BCUT2D eigenvalue weighted by molar-refractivity contribution is 5.92. The molecule has 0 fully saturated rings. The van der Waals surface area contributed by atoms with Gasteiger partial charge in [0.05, 0.1) is 0 Å². The van der Waals surface area contributed by atoms with Gasteiger partial charge in [0.25, 0.3) is 0 Å². The van der Waals surface area contributed by atoms with E-state index < -0.39 is 0 Å². The van der Waals surface area contributed by atoms with Crippen LogP contribution in [0, 0.1) is 0 Å². The highest BCUT2D eigenvalue weighted by atomic mass is 16.1. The number of carbonyl (C=O) groups excluding carboxylic acids is 1. The van der Waals surface area contributed by atoms with E-state index in [1.165, 1.54) is 32.1 Å². The van der Waals surface area contributed by atoms with E-state index in [0.717, 1.165) is 18.5 Å². The lowest BCUT2D eigenvalue weighted by molar-refractivity contribution is -0.117. The second-order valence-corrected chi connectivity index (χ2v) is 4.00. The van der Waals surface area contributed by atoms with Gasteiger partial charge in [-0.3, -0.25) is 4.79 Å². The lowest BCUT2D eigenvalue weighted by Gasteiger charge is -2.04. The van der Waals surface area contributed by atoms with E-state index >= 15 is 0 Å². The molecule has 0 aromatic carbocycles. The molecule has 0 saturated heterocycles. The van der Waals surface area contributed by atoms with Crippen LogP contribution in [0.4, 0.5) is 0 Å². The van der Waals surface area contributed by atoms with Gasteiger partial charge in [-0.2, -0.15) is 0 Å². The number of hydrogen-bond acceptors (Lipinski definition) is 1. The minimum absolute atomic E-state index is 0.0751. The summed E-state index contributed by atoms with van der Waals surface area (Å²) in [5.74, 6) is 0.0751. The first-order chi connectivity index (χ1) is 7.22. The Morgan fingerprint density at radius 3 is 2.33 bits per heavy atom. The highest BCUT2D eigenvalue weighted by Gasteiger charge is 2.00. The first-order valence-electron chi connectivity index (χ1n) is 6.13. The number of rotatable bonds is 8. The summed E-state index contributed by atoms with van der Waals surface area (Å²) >= 11 is 0. The highest BCUT2D eigenvalue weighted by Crippen LogP contribution is 2.04. The van der Waals surface area contributed by atoms with Crippen LogP contribution in [0.5, 0.6) is 0 Å².